The summed E-state index contributed by atoms with van der Waals surface area (Å²) in [7, 11) is -3.46. The number of ether oxygens (including phenoxy) is 1. The molecule has 2 rings (SSSR count). The van der Waals surface area contributed by atoms with E-state index in [2.05, 4.69) is 20.7 Å². The summed E-state index contributed by atoms with van der Waals surface area (Å²) >= 11 is 10.2. The van der Waals surface area contributed by atoms with Crippen LogP contribution in [0.25, 0.3) is 0 Å². The Bertz CT molecular complexity index is 507. The quantitative estimate of drug-likeness (QED) is 0.841. The van der Waals surface area contributed by atoms with Gasteiger partial charge in [-0.15, -0.1) is 11.3 Å². The zero-order chi connectivity index (χ0) is 13.9. The van der Waals surface area contributed by atoms with Crippen LogP contribution < -0.4 is 4.72 Å². The molecule has 1 aromatic heterocycles. The summed E-state index contributed by atoms with van der Waals surface area (Å²) < 4.78 is 33.0. The second-order valence-electron chi connectivity index (χ2n) is 4.36. The molecule has 1 aromatic rings. The summed E-state index contributed by atoms with van der Waals surface area (Å²) in [4.78, 5) is 0. The van der Waals surface area contributed by atoms with Gasteiger partial charge in [0.15, 0.2) is 0 Å². The van der Waals surface area contributed by atoms with Gasteiger partial charge < -0.3 is 4.74 Å². The molecule has 0 bridgehead atoms. The highest BCUT2D eigenvalue weighted by molar-refractivity contribution is 9.11. The van der Waals surface area contributed by atoms with E-state index in [9.17, 15) is 8.42 Å². The first-order valence-corrected chi connectivity index (χ1v) is 9.52. The molecule has 1 fully saturated rings. The lowest BCUT2D eigenvalue weighted by Crippen LogP contribution is -2.29. The molecule has 0 aromatic carbocycles. The van der Waals surface area contributed by atoms with Crippen molar-refractivity contribution in [2.24, 2.45) is 0 Å². The van der Waals surface area contributed by atoms with Crippen LogP contribution >= 0.6 is 38.9 Å². The van der Waals surface area contributed by atoms with Gasteiger partial charge in [0.25, 0.3) is 0 Å². The van der Waals surface area contributed by atoms with Crippen molar-refractivity contribution < 1.29 is 13.2 Å². The molecule has 2 heterocycles. The van der Waals surface area contributed by atoms with E-state index in [-0.39, 0.29) is 10.3 Å². The van der Waals surface area contributed by atoms with Gasteiger partial charge in [-0.2, -0.15) is 0 Å². The molecule has 0 amide bonds. The van der Waals surface area contributed by atoms with Crippen LogP contribution in [0.5, 0.6) is 0 Å². The van der Waals surface area contributed by atoms with Crippen LogP contribution in [0.4, 0.5) is 0 Å². The first-order valence-electron chi connectivity index (χ1n) is 6.05. The second-order valence-corrected chi connectivity index (χ2v) is 9.13. The lowest BCUT2D eigenvalue weighted by Gasteiger charge is -2.22. The van der Waals surface area contributed by atoms with Gasteiger partial charge in [-0.25, -0.2) is 13.1 Å². The van der Waals surface area contributed by atoms with Gasteiger partial charge in [0.1, 0.15) is 4.21 Å². The molecule has 1 N–H and O–H groups in total. The zero-order valence-electron chi connectivity index (χ0n) is 10.2. The minimum atomic E-state index is -3.46. The summed E-state index contributed by atoms with van der Waals surface area (Å²) in [5, 5.41) is 0.418. The highest BCUT2D eigenvalue weighted by Gasteiger charge is 2.20. The fraction of sp³-hybridized carbons (Fsp3) is 0.636. The first kappa shape index (κ1) is 15.7. The summed E-state index contributed by atoms with van der Waals surface area (Å²) in [6.45, 7) is 1.17. The lowest BCUT2D eigenvalue weighted by molar-refractivity contribution is 0.0123. The van der Waals surface area contributed by atoms with E-state index in [1.165, 1.54) is 6.07 Å². The number of hydrogen-bond acceptors (Lipinski definition) is 4. The fourth-order valence-corrected chi connectivity index (χ4v) is 5.41. The first-order chi connectivity index (χ1) is 8.99. The topological polar surface area (TPSA) is 55.4 Å². The van der Waals surface area contributed by atoms with E-state index in [1.807, 2.05) is 0 Å². The maximum absolute atomic E-state index is 12.0. The van der Waals surface area contributed by atoms with E-state index in [0.29, 0.717) is 21.8 Å². The Morgan fingerprint density at radius 1 is 1.53 bits per heavy atom. The molecule has 19 heavy (non-hydrogen) atoms. The fourth-order valence-electron chi connectivity index (χ4n) is 1.92. The Balaban J connectivity index is 1.87. The molecule has 0 saturated carbocycles. The third-order valence-electron chi connectivity index (χ3n) is 2.92. The van der Waals surface area contributed by atoms with Crippen molar-refractivity contribution in [3.8, 4) is 0 Å². The number of hydrogen-bond donors (Lipinski definition) is 1. The molecule has 1 aliphatic heterocycles. The van der Waals surface area contributed by atoms with E-state index < -0.39 is 10.0 Å². The predicted octanol–water partition coefficient (Wildman–Crippen LogP) is 3.40. The monoisotopic (exact) mass is 387 g/mol. The molecule has 1 aliphatic rings. The highest BCUT2D eigenvalue weighted by Crippen LogP contribution is 2.34. The Labute approximate surface area is 130 Å². The molecule has 8 heteroatoms. The van der Waals surface area contributed by atoms with Crippen molar-refractivity contribution in [3.05, 3.63) is 14.9 Å². The van der Waals surface area contributed by atoms with Crippen LogP contribution in [0.3, 0.4) is 0 Å². The van der Waals surface area contributed by atoms with Crippen molar-refractivity contribution in [1.29, 1.82) is 0 Å². The van der Waals surface area contributed by atoms with E-state index >= 15 is 0 Å². The second kappa shape index (κ2) is 6.87. The Morgan fingerprint density at radius 3 is 2.89 bits per heavy atom. The third kappa shape index (κ3) is 4.41. The van der Waals surface area contributed by atoms with E-state index in [4.69, 9.17) is 16.3 Å². The van der Waals surface area contributed by atoms with Crippen molar-refractivity contribution in [1.82, 2.24) is 4.72 Å². The van der Waals surface area contributed by atoms with Crippen molar-refractivity contribution >= 4 is 48.9 Å². The van der Waals surface area contributed by atoms with Crippen LogP contribution in [0.2, 0.25) is 5.02 Å². The highest BCUT2D eigenvalue weighted by atomic mass is 79.9. The van der Waals surface area contributed by atoms with E-state index in [0.717, 1.165) is 37.2 Å². The maximum Gasteiger partial charge on any atom is 0.250 e. The molecule has 108 valence electrons. The van der Waals surface area contributed by atoms with Gasteiger partial charge in [0.05, 0.1) is 14.9 Å². The van der Waals surface area contributed by atoms with E-state index in [1.54, 1.807) is 0 Å². The molecule has 0 spiro atoms. The summed E-state index contributed by atoms with van der Waals surface area (Å²) in [6.07, 6.45) is 4.15. The summed E-state index contributed by atoms with van der Waals surface area (Å²) in [5.41, 5.74) is 0. The molecule has 4 nitrogen and oxygen atoms in total. The SMILES string of the molecule is O=S(=O)(NCCC1CCCCO1)c1cc(Cl)c(Br)s1. The average Bonchev–Trinajstić information content (AvgIpc) is 2.72. The molecule has 1 unspecified atom stereocenters. The average molecular weight is 389 g/mol. The van der Waals surface area contributed by atoms with Crippen molar-refractivity contribution in [3.63, 3.8) is 0 Å². The van der Waals surface area contributed by atoms with Crippen LogP contribution in [0, 0.1) is 0 Å². The van der Waals surface area contributed by atoms with Gasteiger partial charge in [0, 0.05) is 13.2 Å². The van der Waals surface area contributed by atoms with Gasteiger partial charge in [-0.3, -0.25) is 0 Å². The zero-order valence-corrected chi connectivity index (χ0v) is 14.2. The number of sulfonamides is 1. The number of halogens is 2. The standard InChI is InChI=1S/C11H15BrClNO3S2/c12-11-9(13)7-10(18-11)19(15,16)14-5-4-8-3-1-2-6-17-8/h7-8,14H,1-6H2. The minimum absolute atomic E-state index is 0.176. The smallest absolute Gasteiger partial charge is 0.250 e. The van der Waals surface area contributed by atoms with Gasteiger partial charge in [-0.1, -0.05) is 11.6 Å². The largest absolute Gasteiger partial charge is 0.378 e. The van der Waals surface area contributed by atoms with Crippen LogP contribution in [0.15, 0.2) is 14.1 Å². The number of thiophene rings is 1. The molecule has 0 radical (unpaired) electrons. The van der Waals surface area contributed by atoms with Crippen LogP contribution in [-0.4, -0.2) is 27.7 Å². The number of rotatable bonds is 5. The van der Waals surface area contributed by atoms with Gasteiger partial charge in [0.2, 0.25) is 10.0 Å². The Kier molecular flexibility index (Phi) is 5.68. The Hall–Kier alpha value is 0.340. The molecular weight excluding hydrogens is 374 g/mol. The van der Waals surface area contributed by atoms with Crippen molar-refractivity contribution in [2.45, 2.75) is 36.0 Å². The van der Waals surface area contributed by atoms with Crippen molar-refractivity contribution in [2.75, 3.05) is 13.2 Å². The van der Waals surface area contributed by atoms with Crippen LogP contribution in [-0.2, 0) is 14.8 Å². The molecular formula is C11H15BrClNO3S2. The maximum atomic E-state index is 12.0. The van der Waals surface area contributed by atoms with Gasteiger partial charge in [-0.05, 0) is 47.7 Å². The van der Waals surface area contributed by atoms with Crippen LogP contribution in [0.1, 0.15) is 25.7 Å². The molecule has 0 aliphatic carbocycles. The normalized spacial score (nSPS) is 20.6. The van der Waals surface area contributed by atoms with Gasteiger partial charge >= 0.3 is 0 Å². The molecule has 1 saturated heterocycles. The number of nitrogens with one attached hydrogen (secondary N) is 1. The third-order valence-corrected chi connectivity index (χ3v) is 7.33. The summed E-state index contributed by atoms with van der Waals surface area (Å²) in [6, 6.07) is 1.45. The molecule has 1 atom stereocenters. The lowest BCUT2D eigenvalue weighted by atomic mass is 10.1. The predicted molar refractivity (Wildman–Crippen MR) is 80.4 cm³/mol. The summed E-state index contributed by atoms with van der Waals surface area (Å²) in [5.74, 6) is 0. The minimum Gasteiger partial charge on any atom is -0.378 e. The Morgan fingerprint density at radius 2 is 2.32 bits per heavy atom.